The van der Waals surface area contributed by atoms with E-state index in [-0.39, 0.29) is 23.8 Å². The smallest absolute Gasteiger partial charge is 0.223 e. The number of methoxy groups -OCH3 is 1. The summed E-state index contributed by atoms with van der Waals surface area (Å²) in [5, 5.41) is 2.90. The minimum Gasteiger partial charge on any atom is -0.375 e. The molecule has 2 rings (SSSR count). The van der Waals surface area contributed by atoms with Crippen molar-refractivity contribution in [1.82, 2.24) is 10.2 Å². The molecule has 0 bridgehead atoms. The zero-order valence-corrected chi connectivity index (χ0v) is 12.5. The summed E-state index contributed by atoms with van der Waals surface area (Å²) in [4.78, 5) is 25.5. The molecule has 1 saturated heterocycles. The fourth-order valence-corrected chi connectivity index (χ4v) is 2.51. The summed E-state index contributed by atoms with van der Waals surface area (Å²) in [7, 11) is 3.40. The van der Waals surface area contributed by atoms with Gasteiger partial charge in [-0.25, -0.2) is 0 Å². The standard InChI is InChI=1S/C16H22N2O3/c1-18-9-8-13(10-15(18)19)16(20)17-11-14(21-2)12-6-4-3-5-7-12/h3-7,13-14H,8-11H2,1-2H3,(H,17,20). The summed E-state index contributed by atoms with van der Waals surface area (Å²) in [5.74, 6) is -0.246. The second-order valence-corrected chi connectivity index (χ2v) is 5.39. The molecule has 1 aliphatic rings. The largest absolute Gasteiger partial charge is 0.375 e. The number of hydrogen-bond donors (Lipinski definition) is 1. The van der Waals surface area contributed by atoms with E-state index < -0.39 is 0 Å². The first kappa shape index (κ1) is 15.5. The van der Waals surface area contributed by atoms with Gasteiger partial charge in [-0.15, -0.1) is 0 Å². The maximum Gasteiger partial charge on any atom is 0.223 e. The topological polar surface area (TPSA) is 58.6 Å². The van der Waals surface area contributed by atoms with Crippen LogP contribution in [-0.2, 0) is 14.3 Å². The van der Waals surface area contributed by atoms with Crippen LogP contribution in [-0.4, -0.2) is 44.0 Å². The van der Waals surface area contributed by atoms with Crippen LogP contribution < -0.4 is 5.32 Å². The van der Waals surface area contributed by atoms with Crippen LogP contribution in [0.5, 0.6) is 0 Å². The van der Waals surface area contributed by atoms with Gasteiger partial charge in [0.15, 0.2) is 0 Å². The fraction of sp³-hybridized carbons (Fsp3) is 0.500. The molecule has 0 radical (unpaired) electrons. The molecule has 1 fully saturated rings. The molecular weight excluding hydrogens is 268 g/mol. The van der Waals surface area contributed by atoms with Crippen LogP contribution >= 0.6 is 0 Å². The maximum atomic E-state index is 12.2. The van der Waals surface area contributed by atoms with Gasteiger partial charge in [0.05, 0.1) is 6.10 Å². The van der Waals surface area contributed by atoms with Crippen molar-refractivity contribution >= 4 is 11.8 Å². The summed E-state index contributed by atoms with van der Waals surface area (Å²) in [6.45, 7) is 1.06. The molecular formula is C16H22N2O3. The molecule has 2 unspecified atom stereocenters. The van der Waals surface area contributed by atoms with Crippen molar-refractivity contribution in [3.8, 4) is 0 Å². The highest BCUT2D eigenvalue weighted by atomic mass is 16.5. The van der Waals surface area contributed by atoms with Crippen LogP contribution in [0, 0.1) is 5.92 Å². The lowest BCUT2D eigenvalue weighted by atomic mass is 9.95. The minimum atomic E-state index is -0.220. The highest BCUT2D eigenvalue weighted by Crippen LogP contribution is 2.19. The van der Waals surface area contributed by atoms with Gasteiger partial charge in [-0.2, -0.15) is 0 Å². The number of carbonyl (C=O) groups is 2. The zero-order valence-electron chi connectivity index (χ0n) is 12.5. The quantitative estimate of drug-likeness (QED) is 0.891. The molecule has 0 spiro atoms. The first-order valence-electron chi connectivity index (χ1n) is 7.21. The lowest BCUT2D eigenvalue weighted by Crippen LogP contribution is -2.43. The second kappa shape index (κ2) is 7.22. The summed E-state index contributed by atoms with van der Waals surface area (Å²) >= 11 is 0. The summed E-state index contributed by atoms with van der Waals surface area (Å²) in [5.41, 5.74) is 1.03. The third-order valence-electron chi connectivity index (χ3n) is 3.95. The normalized spacial score (nSPS) is 20.2. The van der Waals surface area contributed by atoms with Crippen LogP contribution in [0.15, 0.2) is 30.3 Å². The van der Waals surface area contributed by atoms with E-state index in [1.807, 2.05) is 30.3 Å². The Morgan fingerprint density at radius 3 is 2.76 bits per heavy atom. The zero-order chi connectivity index (χ0) is 15.2. The predicted octanol–water partition coefficient (Wildman–Crippen LogP) is 1.36. The molecule has 1 aliphatic heterocycles. The van der Waals surface area contributed by atoms with E-state index in [0.29, 0.717) is 19.5 Å². The molecule has 2 atom stereocenters. The lowest BCUT2D eigenvalue weighted by Gasteiger charge is -2.28. The van der Waals surface area contributed by atoms with Crippen LogP contribution in [0.25, 0.3) is 0 Å². The molecule has 21 heavy (non-hydrogen) atoms. The van der Waals surface area contributed by atoms with Crippen molar-refractivity contribution in [2.45, 2.75) is 18.9 Å². The van der Waals surface area contributed by atoms with Gasteiger partial charge in [0, 0.05) is 39.6 Å². The summed E-state index contributed by atoms with van der Waals surface area (Å²) in [6, 6.07) is 9.77. The van der Waals surface area contributed by atoms with Gasteiger partial charge in [-0.1, -0.05) is 30.3 Å². The van der Waals surface area contributed by atoms with Crippen molar-refractivity contribution in [2.75, 3.05) is 27.2 Å². The summed E-state index contributed by atoms with van der Waals surface area (Å²) < 4.78 is 5.42. The molecule has 1 aromatic rings. The SMILES string of the molecule is COC(CNC(=O)C1CCN(C)C(=O)C1)c1ccccc1. The third-order valence-corrected chi connectivity index (χ3v) is 3.95. The molecule has 5 heteroatoms. The van der Waals surface area contributed by atoms with E-state index in [4.69, 9.17) is 4.74 Å². The number of hydrogen-bond acceptors (Lipinski definition) is 3. The Bertz CT molecular complexity index is 490. The van der Waals surface area contributed by atoms with E-state index in [0.717, 1.165) is 12.0 Å². The van der Waals surface area contributed by atoms with Crippen LogP contribution in [0.1, 0.15) is 24.5 Å². The Labute approximate surface area is 125 Å². The average molecular weight is 290 g/mol. The molecule has 5 nitrogen and oxygen atoms in total. The van der Waals surface area contributed by atoms with Gasteiger partial charge in [0.2, 0.25) is 11.8 Å². The minimum absolute atomic E-state index is 0.0350. The summed E-state index contributed by atoms with van der Waals surface area (Å²) in [6.07, 6.45) is 0.847. The molecule has 0 aliphatic carbocycles. The number of rotatable bonds is 5. The van der Waals surface area contributed by atoms with Gasteiger partial charge in [-0.3, -0.25) is 9.59 Å². The monoisotopic (exact) mass is 290 g/mol. The molecule has 0 saturated carbocycles. The van der Waals surface area contributed by atoms with E-state index in [9.17, 15) is 9.59 Å². The van der Waals surface area contributed by atoms with E-state index in [1.54, 1.807) is 19.1 Å². The van der Waals surface area contributed by atoms with Crippen molar-refractivity contribution in [1.29, 1.82) is 0 Å². The van der Waals surface area contributed by atoms with Gasteiger partial charge < -0.3 is 15.0 Å². The number of amides is 2. The highest BCUT2D eigenvalue weighted by molar-refractivity contribution is 5.86. The van der Waals surface area contributed by atoms with Gasteiger partial charge in [-0.05, 0) is 12.0 Å². The van der Waals surface area contributed by atoms with Crippen molar-refractivity contribution in [2.24, 2.45) is 5.92 Å². The molecule has 114 valence electrons. The van der Waals surface area contributed by atoms with Crippen LogP contribution in [0.3, 0.4) is 0 Å². The number of nitrogens with one attached hydrogen (secondary N) is 1. The maximum absolute atomic E-state index is 12.2. The van der Waals surface area contributed by atoms with Crippen molar-refractivity contribution < 1.29 is 14.3 Å². The Hall–Kier alpha value is -1.88. The van der Waals surface area contributed by atoms with Crippen LogP contribution in [0.2, 0.25) is 0 Å². The molecule has 1 N–H and O–H groups in total. The average Bonchev–Trinajstić information content (AvgIpc) is 2.51. The highest BCUT2D eigenvalue weighted by Gasteiger charge is 2.28. The van der Waals surface area contributed by atoms with Gasteiger partial charge in [0.1, 0.15) is 0 Å². The predicted molar refractivity (Wildman–Crippen MR) is 79.6 cm³/mol. The number of carbonyl (C=O) groups excluding carboxylic acids is 2. The second-order valence-electron chi connectivity index (χ2n) is 5.39. The third kappa shape index (κ3) is 4.04. The van der Waals surface area contributed by atoms with Crippen molar-refractivity contribution in [3.63, 3.8) is 0 Å². The van der Waals surface area contributed by atoms with Gasteiger partial charge >= 0.3 is 0 Å². The first-order valence-corrected chi connectivity index (χ1v) is 7.21. The van der Waals surface area contributed by atoms with E-state index >= 15 is 0 Å². The van der Waals surface area contributed by atoms with Gasteiger partial charge in [0.25, 0.3) is 0 Å². The number of piperidine rings is 1. The number of nitrogens with zero attached hydrogens (tertiary/aromatic N) is 1. The number of benzene rings is 1. The lowest BCUT2D eigenvalue weighted by molar-refractivity contribution is -0.139. The van der Waals surface area contributed by atoms with Crippen molar-refractivity contribution in [3.05, 3.63) is 35.9 Å². The Balaban J connectivity index is 1.87. The van der Waals surface area contributed by atoms with E-state index in [2.05, 4.69) is 5.32 Å². The van der Waals surface area contributed by atoms with E-state index in [1.165, 1.54) is 0 Å². The Morgan fingerprint density at radius 2 is 2.14 bits per heavy atom. The first-order chi connectivity index (χ1) is 10.1. The molecule has 0 aromatic heterocycles. The Kier molecular flexibility index (Phi) is 5.33. The molecule has 2 amide bonds. The Morgan fingerprint density at radius 1 is 1.43 bits per heavy atom. The number of likely N-dealkylation sites (tertiary alicyclic amines) is 1. The van der Waals surface area contributed by atoms with Crippen LogP contribution in [0.4, 0.5) is 0 Å². The molecule has 1 heterocycles. The fourth-order valence-electron chi connectivity index (χ4n) is 2.51. The molecule has 1 aromatic carbocycles. The number of ether oxygens (including phenoxy) is 1.